The van der Waals surface area contributed by atoms with E-state index in [4.69, 9.17) is 5.73 Å². The number of piperidine rings is 1. The summed E-state index contributed by atoms with van der Waals surface area (Å²) in [4.78, 5) is 24.5. The molecule has 0 aromatic heterocycles. The number of nitrogens with zero attached hydrogens (tertiary/aromatic N) is 1. The predicted octanol–water partition coefficient (Wildman–Crippen LogP) is 0.899. The molecule has 4 nitrogen and oxygen atoms in total. The fourth-order valence-electron chi connectivity index (χ4n) is 1.54. The Bertz CT molecular complexity index is 268. The smallest absolute Gasteiger partial charge is 0.246 e. The Hall–Kier alpha value is -0.900. The molecule has 86 valence electrons. The minimum atomic E-state index is -0.484. The van der Waals surface area contributed by atoms with Gasteiger partial charge in [-0.15, -0.1) is 0 Å². The van der Waals surface area contributed by atoms with Gasteiger partial charge < -0.3 is 5.73 Å². The molecule has 4 heteroatoms. The fourth-order valence-corrected chi connectivity index (χ4v) is 1.54. The van der Waals surface area contributed by atoms with Crippen LogP contribution < -0.4 is 5.73 Å². The van der Waals surface area contributed by atoms with Gasteiger partial charge in [0.05, 0.1) is 6.04 Å². The summed E-state index contributed by atoms with van der Waals surface area (Å²) >= 11 is 0. The molecule has 2 amide bonds. The molecule has 1 atom stereocenters. The summed E-state index contributed by atoms with van der Waals surface area (Å²) in [6.45, 7) is 6.76. The molecule has 1 rings (SSSR count). The van der Waals surface area contributed by atoms with Crippen molar-refractivity contribution in [3.8, 4) is 0 Å². The maximum Gasteiger partial charge on any atom is 0.246 e. The van der Waals surface area contributed by atoms with Gasteiger partial charge in [0.2, 0.25) is 11.8 Å². The SMILES string of the molecule is CC(C)(C)CCN1C(=O)CCC(N)C1=O. The van der Waals surface area contributed by atoms with E-state index in [-0.39, 0.29) is 17.2 Å². The van der Waals surface area contributed by atoms with Gasteiger partial charge in [0.15, 0.2) is 0 Å². The van der Waals surface area contributed by atoms with Gasteiger partial charge in [-0.2, -0.15) is 0 Å². The van der Waals surface area contributed by atoms with Crippen molar-refractivity contribution in [1.82, 2.24) is 4.90 Å². The van der Waals surface area contributed by atoms with Gasteiger partial charge in [-0.25, -0.2) is 0 Å². The van der Waals surface area contributed by atoms with Crippen LogP contribution in [0, 0.1) is 5.41 Å². The molecule has 1 unspecified atom stereocenters. The van der Waals surface area contributed by atoms with Crippen LogP contribution in [0.2, 0.25) is 0 Å². The first-order chi connectivity index (χ1) is 6.81. The Morgan fingerprint density at radius 3 is 2.53 bits per heavy atom. The van der Waals surface area contributed by atoms with Crippen molar-refractivity contribution >= 4 is 11.8 Å². The molecule has 0 aromatic rings. The highest BCUT2D eigenvalue weighted by molar-refractivity contribution is 6.00. The monoisotopic (exact) mass is 212 g/mol. The second kappa shape index (κ2) is 4.31. The van der Waals surface area contributed by atoms with Crippen molar-refractivity contribution in [2.24, 2.45) is 11.1 Å². The molecule has 0 aliphatic carbocycles. The van der Waals surface area contributed by atoms with E-state index in [1.165, 1.54) is 4.90 Å². The van der Waals surface area contributed by atoms with Gasteiger partial charge in [0.1, 0.15) is 0 Å². The van der Waals surface area contributed by atoms with Gasteiger partial charge in [-0.1, -0.05) is 20.8 Å². The van der Waals surface area contributed by atoms with Crippen molar-refractivity contribution in [3.63, 3.8) is 0 Å². The number of carbonyl (C=O) groups is 2. The molecule has 2 N–H and O–H groups in total. The van der Waals surface area contributed by atoms with E-state index < -0.39 is 6.04 Å². The average Bonchev–Trinajstić information content (AvgIpc) is 2.10. The molecule has 1 aliphatic rings. The van der Waals surface area contributed by atoms with Crippen LogP contribution in [0.3, 0.4) is 0 Å². The van der Waals surface area contributed by atoms with Crippen LogP contribution in [0.15, 0.2) is 0 Å². The predicted molar refractivity (Wildman–Crippen MR) is 58.0 cm³/mol. The lowest BCUT2D eigenvalue weighted by Gasteiger charge is -2.30. The highest BCUT2D eigenvalue weighted by atomic mass is 16.2. The first-order valence-corrected chi connectivity index (χ1v) is 5.41. The standard InChI is InChI=1S/C11H20N2O2/c1-11(2,3)6-7-13-9(14)5-4-8(12)10(13)15/h8H,4-7,12H2,1-3H3. The number of rotatable bonds is 2. The van der Waals surface area contributed by atoms with E-state index in [0.717, 1.165) is 6.42 Å². The van der Waals surface area contributed by atoms with Gasteiger partial charge in [-0.3, -0.25) is 14.5 Å². The Kier molecular flexibility index (Phi) is 3.50. The van der Waals surface area contributed by atoms with Crippen LogP contribution >= 0.6 is 0 Å². The molecule has 1 saturated heterocycles. The summed E-state index contributed by atoms with van der Waals surface area (Å²) in [6, 6.07) is -0.484. The van der Waals surface area contributed by atoms with Crippen LogP contribution in [-0.4, -0.2) is 29.3 Å². The molecule has 0 radical (unpaired) electrons. The van der Waals surface area contributed by atoms with Crippen LogP contribution in [0.5, 0.6) is 0 Å². The van der Waals surface area contributed by atoms with E-state index in [9.17, 15) is 9.59 Å². The van der Waals surface area contributed by atoms with E-state index >= 15 is 0 Å². The Morgan fingerprint density at radius 2 is 2.00 bits per heavy atom. The molecular weight excluding hydrogens is 192 g/mol. The Morgan fingerprint density at radius 1 is 1.40 bits per heavy atom. The van der Waals surface area contributed by atoms with Gasteiger partial charge in [-0.05, 0) is 18.3 Å². The van der Waals surface area contributed by atoms with E-state index in [0.29, 0.717) is 19.4 Å². The van der Waals surface area contributed by atoms with Crippen LogP contribution in [0.4, 0.5) is 0 Å². The van der Waals surface area contributed by atoms with Crippen molar-refractivity contribution < 1.29 is 9.59 Å². The summed E-state index contributed by atoms with van der Waals surface area (Å²) < 4.78 is 0. The van der Waals surface area contributed by atoms with Crippen LogP contribution in [0.1, 0.15) is 40.0 Å². The van der Waals surface area contributed by atoms with Crippen LogP contribution in [-0.2, 0) is 9.59 Å². The highest BCUT2D eigenvalue weighted by Gasteiger charge is 2.32. The molecule has 0 bridgehead atoms. The van der Waals surface area contributed by atoms with Crippen molar-refractivity contribution in [1.29, 1.82) is 0 Å². The topological polar surface area (TPSA) is 63.4 Å². The van der Waals surface area contributed by atoms with E-state index in [1.807, 2.05) is 0 Å². The number of hydrogen-bond acceptors (Lipinski definition) is 3. The molecule has 0 saturated carbocycles. The Labute approximate surface area is 90.8 Å². The first kappa shape index (κ1) is 12.2. The van der Waals surface area contributed by atoms with Gasteiger partial charge >= 0.3 is 0 Å². The molecule has 0 aromatic carbocycles. The highest BCUT2D eigenvalue weighted by Crippen LogP contribution is 2.21. The first-order valence-electron chi connectivity index (χ1n) is 5.41. The number of nitrogens with two attached hydrogens (primary N) is 1. The maximum atomic E-state index is 11.6. The molecule has 0 spiro atoms. The summed E-state index contributed by atoms with van der Waals surface area (Å²) in [7, 11) is 0. The number of likely N-dealkylation sites (tertiary alicyclic amines) is 1. The number of hydrogen-bond donors (Lipinski definition) is 1. The lowest BCUT2D eigenvalue weighted by atomic mass is 9.91. The van der Waals surface area contributed by atoms with Crippen molar-refractivity contribution in [2.75, 3.05) is 6.54 Å². The largest absolute Gasteiger partial charge is 0.320 e. The zero-order chi connectivity index (χ0) is 11.6. The Balaban J connectivity index is 2.58. The quantitative estimate of drug-likeness (QED) is 0.692. The van der Waals surface area contributed by atoms with E-state index in [2.05, 4.69) is 20.8 Å². The lowest BCUT2D eigenvalue weighted by molar-refractivity contribution is -0.149. The van der Waals surface area contributed by atoms with E-state index in [1.54, 1.807) is 0 Å². The summed E-state index contributed by atoms with van der Waals surface area (Å²) in [5, 5.41) is 0. The van der Waals surface area contributed by atoms with Crippen molar-refractivity contribution in [3.05, 3.63) is 0 Å². The minimum Gasteiger partial charge on any atom is -0.320 e. The lowest BCUT2D eigenvalue weighted by Crippen LogP contribution is -2.51. The summed E-state index contributed by atoms with van der Waals surface area (Å²) in [5.41, 5.74) is 5.75. The zero-order valence-corrected chi connectivity index (χ0v) is 9.75. The zero-order valence-electron chi connectivity index (χ0n) is 9.75. The number of amides is 2. The molecule has 15 heavy (non-hydrogen) atoms. The minimum absolute atomic E-state index is 0.0778. The maximum absolute atomic E-state index is 11.6. The third-order valence-corrected chi connectivity index (χ3v) is 2.64. The molecular formula is C11H20N2O2. The number of carbonyl (C=O) groups excluding carboxylic acids is 2. The average molecular weight is 212 g/mol. The van der Waals surface area contributed by atoms with Gasteiger partial charge in [0, 0.05) is 13.0 Å². The molecule has 1 fully saturated rings. The molecule has 1 heterocycles. The number of imide groups is 1. The second-order valence-corrected chi connectivity index (χ2v) is 5.34. The third kappa shape index (κ3) is 3.30. The van der Waals surface area contributed by atoms with Gasteiger partial charge in [0.25, 0.3) is 0 Å². The van der Waals surface area contributed by atoms with Crippen molar-refractivity contribution in [2.45, 2.75) is 46.1 Å². The normalized spacial score (nSPS) is 23.5. The molecule has 1 aliphatic heterocycles. The third-order valence-electron chi connectivity index (χ3n) is 2.64. The van der Waals surface area contributed by atoms with Crippen LogP contribution in [0.25, 0.3) is 0 Å². The second-order valence-electron chi connectivity index (χ2n) is 5.34. The fraction of sp³-hybridized carbons (Fsp3) is 0.818. The summed E-state index contributed by atoms with van der Waals surface area (Å²) in [6.07, 6.45) is 1.71. The summed E-state index contributed by atoms with van der Waals surface area (Å²) in [5.74, 6) is -0.290.